The van der Waals surface area contributed by atoms with Crippen molar-refractivity contribution in [3.63, 3.8) is 0 Å². The summed E-state index contributed by atoms with van der Waals surface area (Å²) in [7, 11) is 0. The molecule has 0 saturated heterocycles. The molecule has 0 aliphatic rings. The zero-order chi connectivity index (χ0) is 17.1. The Morgan fingerprint density at radius 2 is 2.04 bits per heavy atom. The summed E-state index contributed by atoms with van der Waals surface area (Å²) in [5.41, 5.74) is 7.33. The Morgan fingerprint density at radius 1 is 1.25 bits per heavy atom. The van der Waals surface area contributed by atoms with E-state index >= 15 is 0 Å². The first-order valence-corrected chi connectivity index (χ1v) is 8.60. The number of nitrogens with two attached hydrogens (primary N) is 1. The molecule has 0 spiro atoms. The summed E-state index contributed by atoms with van der Waals surface area (Å²) in [6.07, 6.45) is 0.804. The molecule has 2 aromatic heterocycles. The number of carbonyl (C=O) groups excluding carboxylic acids is 1. The fourth-order valence-electron chi connectivity index (χ4n) is 2.52. The zero-order valence-electron chi connectivity index (χ0n) is 13.6. The molecule has 124 valence electrons. The Morgan fingerprint density at radius 3 is 2.83 bits per heavy atom. The fraction of sp³-hybridized carbons (Fsp3) is 0.294. The average molecular weight is 341 g/mol. The first-order valence-electron chi connectivity index (χ1n) is 7.72. The minimum atomic E-state index is -0.399. The summed E-state index contributed by atoms with van der Waals surface area (Å²) in [6, 6.07) is 12.2. The molecule has 0 bridgehead atoms. The third-order valence-electron chi connectivity index (χ3n) is 3.68. The number of rotatable bonds is 6. The van der Waals surface area contributed by atoms with Gasteiger partial charge in [-0.2, -0.15) is 0 Å². The van der Waals surface area contributed by atoms with E-state index in [0.717, 1.165) is 23.0 Å². The van der Waals surface area contributed by atoms with Crippen LogP contribution in [-0.2, 0) is 17.8 Å². The molecule has 2 heterocycles. The minimum absolute atomic E-state index is 0.0993. The first-order chi connectivity index (χ1) is 11.5. The first kappa shape index (κ1) is 16.4. The smallest absolute Gasteiger partial charge is 0.237 e. The van der Waals surface area contributed by atoms with Gasteiger partial charge < -0.3 is 5.73 Å². The molecular weight excluding hydrogens is 322 g/mol. The Hall–Kier alpha value is -2.41. The molecule has 2 N–H and O–H groups in total. The molecule has 0 aliphatic heterocycles. The lowest BCUT2D eigenvalue weighted by atomic mass is 10.1. The molecule has 3 rings (SSSR count). The summed E-state index contributed by atoms with van der Waals surface area (Å²) >= 11 is 1.57. The van der Waals surface area contributed by atoms with Gasteiger partial charge in [0.05, 0.1) is 5.52 Å². The number of hydrogen-bond donors (Lipinski definition) is 1. The summed E-state index contributed by atoms with van der Waals surface area (Å²) in [5, 5.41) is 10.3. The molecule has 3 aromatic rings. The second-order valence-electron chi connectivity index (χ2n) is 5.71. The number of para-hydroxylation sites is 1. The number of hydrogen-bond acceptors (Lipinski definition) is 5. The number of benzene rings is 1. The van der Waals surface area contributed by atoms with Crippen LogP contribution in [0, 0.1) is 6.92 Å². The van der Waals surface area contributed by atoms with Gasteiger partial charge in [0.2, 0.25) is 5.91 Å². The van der Waals surface area contributed by atoms with E-state index in [1.807, 2.05) is 25.1 Å². The molecule has 1 amide bonds. The molecule has 0 radical (unpaired) electrons. The molecule has 0 aliphatic carbocycles. The third-order valence-corrected chi connectivity index (χ3v) is 4.76. The molecule has 1 atom stereocenters. The molecular formula is C17H19N5OS. The summed E-state index contributed by atoms with van der Waals surface area (Å²) in [6.45, 7) is 4.03. The maximum Gasteiger partial charge on any atom is 0.237 e. The van der Waals surface area contributed by atoms with Gasteiger partial charge in [0.15, 0.2) is 5.16 Å². The number of aryl methyl sites for hydroxylation is 1. The van der Waals surface area contributed by atoms with Crippen molar-refractivity contribution >= 4 is 28.6 Å². The predicted molar refractivity (Wildman–Crippen MR) is 94.7 cm³/mol. The van der Waals surface area contributed by atoms with Crippen molar-refractivity contribution in [2.24, 2.45) is 5.73 Å². The van der Waals surface area contributed by atoms with E-state index in [1.54, 1.807) is 16.3 Å². The SMILES string of the molecule is Cc1nnc(S[C@H](C)Cc2ccc3ccccc3n2)n1CC(N)=O. The van der Waals surface area contributed by atoms with E-state index in [1.165, 1.54) is 0 Å². The van der Waals surface area contributed by atoms with Crippen LogP contribution in [-0.4, -0.2) is 30.9 Å². The number of aromatic nitrogens is 4. The maximum atomic E-state index is 11.2. The van der Waals surface area contributed by atoms with E-state index in [4.69, 9.17) is 10.7 Å². The standard InChI is InChI=1S/C17H19N5OS/c1-11(24-17-21-20-12(2)22(17)10-16(18)23)9-14-8-7-13-5-3-4-6-15(13)19-14/h3-8,11H,9-10H2,1-2H3,(H2,18,23)/t11-/m1/s1. The predicted octanol–water partition coefficient (Wildman–Crippen LogP) is 2.34. The van der Waals surface area contributed by atoms with Gasteiger partial charge >= 0.3 is 0 Å². The normalized spacial score (nSPS) is 12.4. The van der Waals surface area contributed by atoms with E-state index in [-0.39, 0.29) is 11.8 Å². The fourth-order valence-corrected chi connectivity index (χ4v) is 3.55. The quantitative estimate of drug-likeness (QED) is 0.695. The van der Waals surface area contributed by atoms with Crippen LogP contribution in [0.1, 0.15) is 18.4 Å². The minimum Gasteiger partial charge on any atom is -0.368 e. The lowest BCUT2D eigenvalue weighted by molar-refractivity contribution is -0.118. The van der Waals surface area contributed by atoms with Crippen LogP contribution in [0.5, 0.6) is 0 Å². The van der Waals surface area contributed by atoms with Gasteiger partial charge in [-0.15, -0.1) is 10.2 Å². The van der Waals surface area contributed by atoms with Gasteiger partial charge in [0.25, 0.3) is 0 Å². The van der Waals surface area contributed by atoms with Gasteiger partial charge in [0, 0.05) is 22.8 Å². The highest BCUT2D eigenvalue weighted by molar-refractivity contribution is 7.99. The van der Waals surface area contributed by atoms with Gasteiger partial charge in [-0.1, -0.05) is 43.0 Å². The second-order valence-corrected chi connectivity index (χ2v) is 7.12. The Labute approximate surface area is 144 Å². The molecule has 1 aromatic carbocycles. The summed E-state index contributed by atoms with van der Waals surface area (Å²) in [4.78, 5) is 15.9. The van der Waals surface area contributed by atoms with E-state index in [0.29, 0.717) is 11.0 Å². The lowest BCUT2D eigenvalue weighted by Gasteiger charge is -2.12. The highest BCUT2D eigenvalue weighted by Crippen LogP contribution is 2.25. The van der Waals surface area contributed by atoms with Gasteiger partial charge in [-0.3, -0.25) is 14.3 Å². The third kappa shape index (κ3) is 3.73. The number of pyridine rings is 1. The Balaban J connectivity index is 1.73. The van der Waals surface area contributed by atoms with Crippen LogP contribution in [0.4, 0.5) is 0 Å². The second kappa shape index (κ2) is 7.00. The van der Waals surface area contributed by atoms with Crippen LogP contribution in [0.2, 0.25) is 0 Å². The monoisotopic (exact) mass is 341 g/mol. The number of thioether (sulfide) groups is 1. The summed E-state index contributed by atoms with van der Waals surface area (Å²) < 4.78 is 1.75. The van der Waals surface area contributed by atoms with Crippen molar-refractivity contribution in [2.75, 3.05) is 0 Å². The molecule has 6 nitrogen and oxygen atoms in total. The number of fused-ring (bicyclic) bond motifs is 1. The van der Waals surface area contributed by atoms with Crippen molar-refractivity contribution in [2.45, 2.75) is 37.2 Å². The zero-order valence-corrected chi connectivity index (χ0v) is 14.5. The topological polar surface area (TPSA) is 86.7 Å². The van der Waals surface area contributed by atoms with Crippen molar-refractivity contribution < 1.29 is 4.79 Å². The molecule has 7 heteroatoms. The van der Waals surface area contributed by atoms with E-state index in [2.05, 4.69) is 35.3 Å². The number of nitrogens with zero attached hydrogens (tertiary/aromatic N) is 4. The lowest BCUT2D eigenvalue weighted by Crippen LogP contribution is -2.20. The van der Waals surface area contributed by atoms with Crippen LogP contribution in [0.3, 0.4) is 0 Å². The molecule has 0 saturated carbocycles. The van der Waals surface area contributed by atoms with Crippen molar-refractivity contribution in [1.82, 2.24) is 19.7 Å². The summed E-state index contributed by atoms with van der Waals surface area (Å²) in [5.74, 6) is 0.288. The van der Waals surface area contributed by atoms with Gasteiger partial charge in [0.1, 0.15) is 12.4 Å². The van der Waals surface area contributed by atoms with Crippen LogP contribution in [0.25, 0.3) is 10.9 Å². The number of amides is 1. The van der Waals surface area contributed by atoms with Crippen molar-refractivity contribution in [3.05, 3.63) is 47.9 Å². The van der Waals surface area contributed by atoms with Crippen LogP contribution in [0.15, 0.2) is 41.6 Å². The number of carbonyl (C=O) groups is 1. The number of primary amides is 1. The van der Waals surface area contributed by atoms with Crippen molar-refractivity contribution in [3.8, 4) is 0 Å². The Kier molecular flexibility index (Phi) is 4.80. The molecule has 0 fully saturated rings. The van der Waals surface area contributed by atoms with Gasteiger partial charge in [-0.25, -0.2) is 0 Å². The van der Waals surface area contributed by atoms with E-state index in [9.17, 15) is 4.79 Å². The van der Waals surface area contributed by atoms with Crippen LogP contribution >= 0.6 is 11.8 Å². The van der Waals surface area contributed by atoms with Crippen LogP contribution < -0.4 is 5.73 Å². The van der Waals surface area contributed by atoms with Gasteiger partial charge in [-0.05, 0) is 19.1 Å². The molecule has 0 unspecified atom stereocenters. The van der Waals surface area contributed by atoms with E-state index < -0.39 is 5.91 Å². The highest BCUT2D eigenvalue weighted by atomic mass is 32.2. The maximum absolute atomic E-state index is 11.2. The Bertz CT molecular complexity index is 876. The highest BCUT2D eigenvalue weighted by Gasteiger charge is 2.15. The molecule has 24 heavy (non-hydrogen) atoms. The average Bonchev–Trinajstić information content (AvgIpc) is 2.87. The largest absolute Gasteiger partial charge is 0.368 e. The van der Waals surface area contributed by atoms with Crippen molar-refractivity contribution in [1.29, 1.82) is 0 Å².